The first-order valence-electron chi connectivity index (χ1n) is 10.8. The Morgan fingerprint density at radius 1 is 1.14 bits per heavy atom. The molecular weight excluding hydrogens is 503 g/mol. The number of benzene rings is 1. The van der Waals surface area contributed by atoms with Gasteiger partial charge in [-0.1, -0.05) is 6.07 Å². The smallest absolute Gasteiger partial charge is 0.492 e. The summed E-state index contributed by atoms with van der Waals surface area (Å²) < 4.78 is 60.5. The standard InChI is InChI=1S/C24H24F3NO7S/c1-5-34-23(31)35-17-10-12-6-8-15(28-22(30)24(25,26)27)14-11-16(29)18(36-4)9-7-13(14)19(12)21(33-3)20(17)32-2/h7,9-11,15H,5-6,8H2,1-4H3,(H,28,30). The number of carbonyl (C=O) groups is 2. The first-order chi connectivity index (χ1) is 17.0. The summed E-state index contributed by atoms with van der Waals surface area (Å²) >= 11 is 1.18. The van der Waals surface area contributed by atoms with E-state index in [2.05, 4.69) is 0 Å². The Hall–Kier alpha value is -3.41. The highest BCUT2D eigenvalue weighted by molar-refractivity contribution is 7.98. The highest BCUT2D eigenvalue weighted by atomic mass is 32.2. The maximum atomic E-state index is 13.1. The van der Waals surface area contributed by atoms with E-state index in [-0.39, 0.29) is 42.3 Å². The first kappa shape index (κ1) is 27.2. The SMILES string of the molecule is CCOC(=O)Oc1cc2c(c(OC)c1OC)-c1ccc(SC)c(=O)cc1C(NC(=O)C(F)(F)F)CC2. The number of thioether (sulfide) groups is 1. The molecule has 0 radical (unpaired) electrons. The Labute approximate surface area is 209 Å². The van der Waals surface area contributed by atoms with Gasteiger partial charge in [-0.25, -0.2) is 4.79 Å². The van der Waals surface area contributed by atoms with E-state index >= 15 is 0 Å². The van der Waals surface area contributed by atoms with Gasteiger partial charge in [-0.05, 0) is 60.9 Å². The molecule has 1 N–H and O–H groups in total. The van der Waals surface area contributed by atoms with Crippen molar-refractivity contribution >= 4 is 23.8 Å². The number of aryl methyl sites for hydroxylation is 1. The van der Waals surface area contributed by atoms with E-state index in [1.807, 2.05) is 5.32 Å². The maximum absolute atomic E-state index is 13.1. The van der Waals surface area contributed by atoms with Crippen LogP contribution in [0.25, 0.3) is 11.1 Å². The van der Waals surface area contributed by atoms with Gasteiger partial charge in [0, 0.05) is 5.56 Å². The number of nitrogens with one attached hydrogen (secondary N) is 1. The van der Waals surface area contributed by atoms with Gasteiger partial charge in [0.2, 0.25) is 5.75 Å². The van der Waals surface area contributed by atoms with Crippen molar-refractivity contribution in [2.75, 3.05) is 27.1 Å². The van der Waals surface area contributed by atoms with Crippen LogP contribution in [0.5, 0.6) is 17.2 Å². The Morgan fingerprint density at radius 3 is 2.42 bits per heavy atom. The lowest BCUT2D eigenvalue weighted by atomic mass is 9.95. The van der Waals surface area contributed by atoms with Crippen molar-refractivity contribution in [1.82, 2.24) is 5.32 Å². The van der Waals surface area contributed by atoms with E-state index in [0.717, 1.165) is 0 Å². The monoisotopic (exact) mass is 527 g/mol. The van der Waals surface area contributed by atoms with Crippen LogP contribution in [0.2, 0.25) is 0 Å². The minimum Gasteiger partial charge on any atom is -0.492 e. The predicted molar refractivity (Wildman–Crippen MR) is 126 cm³/mol. The van der Waals surface area contributed by atoms with Crippen LogP contribution < -0.4 is 25.0 Å². The van der Waals surface area contributed by atoms with Crippen LogP contribution in [0.3, 0.4) is 0 Å². The number of carbonyl (C=O) groups excluding carboxylic acids is 2. The van der Waals surface area contributed by atoms with E-state index in [9.17, 15) is 27.6 Å². The zero-order chi connectivity index (χ0) is 26.6. The number of fused-ring (bicyclic) bond motifs is 3. The van der Waals surface area contributed by atoms with Gasteiger partial charge in [0.25, 0.3) is 0 Å². The third-order valence-corrected chi connectivity index (χ3v) is 6.30. The zero-order valence-corrected chi connectivity index (χ0v) is 20.7. The lowest BCUT2D eigenvalue weighted by molar-refractivity contribution is -0.174. The van der Waals surface area contributed by atoms with Crippen LogP contribution in [0.15, 0.2) is 34.0 Å². The number of amides is 1. The molecule has 1 unspecified atom stereocenters. The number of alkyl halides is 3. The molecule has 194 valence electrons. The van der Waals surface area contributed by atoms with Gasteiger partial charge in [0.15, 0.2) is 16.9 Å². The minimum atomic E-state index is -5.11. The number of halogens is 3. The lowest BCUT2D eigenvalue weighted by Crippen LogP contribution is -2.39. The van der Waals surface area contributed by atoms with Crippen LogP contribution in [-0.4, -0.2) is 45.3 Å². The molecule has 0 bridgehead atoms. The molecule has 36 heavy (non-hydrogen) atoms. The normalized spacial score (nSPS) is 14.6. The van der Waals surface area contributed by atoms with Crippen LogP contribution in [0, 0.1) is 0 Å². The molecule has 1 amide bonds. The quantitative estimate of drug-likeness (QED) is 0.329. The Kier molecular flexibility index (Phi) is 8.39. The Morgan fingerprint density at radius 2 is 1.83 bits per heavy atom. The lowest BCUT2D eigenvalue weighted by Gasteiger charge is -2.20. The van der Waals surface area contributed by atoms with Crippen molar-refractivity contribution in [1.29, 1.82) is 0 Å². The van der Waals surface area contributed by atoms with Crippen molar-refractivity contribution in [2.45, 2.75) is 36.9 Å². The number of hydrogen-bond acceptors (Lipinski definition) is 8. The summed E-state index contributed by atoms with van der Waals surface area (Å²) in [6.45, 7) is 1.68. The second-order valence-corrected chi connectivity index (χ2v) is 8.45. The second-order valence-electron chi connectivity index (χ2n) is 7.60. The molecule has 0 spiro atoms. The van der Waals surface area contributed by atoms with E-state index in [1.54, 1.807) is 25.3 Å². The summed E-state index contributed by atoms with van der Waals surface area (Å²) in [6.07, 6.45) is -4.22. The molecule has 0 saturated heterocycles. The van der Waals surface area contributed by atoms with Gasteiger partial charge in [-0.15, -0.1) is 11.8 Å². The summed E-state index contributed by atoms with van der Waals surface area (Å²) in [5.41, 5.74) is 1.13. The molecule has 1 aliphatic carbocycles. The fourth-order valence-electron chi connectivity index (χ4n) is 4.02. The van der Waals surface area contributed by atoms with Gasteiger partial charge in [-0.3, -0.25) is 9.59 Å². The fraction of sp³-hybridized carbons (Fsp3) is 0.375. The van der Waals surface area contributed by atoms with E-state index in [1.165, 1.54) is 38.1 Å². The average molecular weight is 528 g/mol. The third-order valence-electron chi connectivity index (χ3n) is 5.52. The molecule has 12 heteroatoms. The van der Waals surface area contributed by atoms with Crippen LogP contribution >= 0.6 is 11.8 Å². The van der Waals surface area contributed by atoms with Crippen molar-refractivity contribution in [2.24, 2.45) is 0 Å². The van der Waals surface area contributed by atoms with E-state index in [4.69, 9.17) is 18.9 Å². The van der Waals surface area contributed by atoms with E-state index < -0.39 is 29.7 Å². The van der Waals surface area contributed by atoms with Crippen molar-refractivity contribution < 1.29 is 41.7 Å². The molecule has 8 nitrogen and oxygen atoms in total. The molecule has 0 aromatic heterocycles. The number of methoxy groups -OCH3 is 2. The van der Waals surface area contributed by atoms with Gasteiger partial charge in [0.1, 0.15) is 0 Å². The van der Waals surface area contributed by atoms with E-state index in [0.29, 0.717) is 21.6 Å². The molecule has 3 rings (SSSR count). The van der Waals surface area contributed by atoms with Gasteiger partial charge in [-0.2, -0.15) is 13.2 Å². The zero-order valence-electron chi connectivity index (χ0n) is 19.9. The van der Waals surface area contributed by atoms with Crippen LogP contribution in [0.1, 0.15) is 30.5 Å². The molecule has 1 aliphatic rings. The maximum Gasteiger partial charge on any atom is 0.513 e. The van der Waals surface area contributed by atoms with Gasteiger partial charge in [0.05, 0.1) is 31.8 Å². The van der Waals surface area contributed by atoms with Crippen molar-refractivity contribution in [3.05, 3.63) is 45.6 Å². The molecule has 0 saturated carbocycles. The average Bonchev–Trinajstić information content (AvgIpc) is 3.06. The summed E-state index contributed by atoms with van der Waals surface area (Å²) in [5.74, 6) is -1.94. The van der Waals surface area contributed by atoms with Gasteiger partial charge >= 0.3 is 18.2 Å². The number of rotatable bonds is 6. The molecule has 2 aromatic rings. The fourth-order valence-corrected chi connectivity index (χ4v) is 4.48. The molecule has 0 heterocycles. The second kappa shape index (κ2) is 11.1. The largest absolute Gasteiger partial charge is 0.513 e. The molecule has 0 aliphatic heterocycles. The number of ether oxygens (including phenoxy) is 4. The molecular formula is C24H24F3NO7S. The summed E-state index contributed by atoms with van der Waals surface area (Å²) in [4.78, 5) is 37.0. The summed E-state index contributed by atoms with van der Waals surface area (Å²) in [6, 6.07) is 4.74. The van der Waals surface area contributed by atoms with Crippen LogP contribution in [-0.2, 0) is 16.0 Å². The first-order valence-corrected chi connectivity index (χ1v) is 12.0. The highest BCUT2D eigenvalue weighted by Crippen LogP contribution is 2.50. The van der Waals surface area contributed by atoms with Crippen LogP contribution in [0.4, 0.5) is 18.0 Å². The number of hydrogen-bond donors (Lipinski definition) is 1. The molecule has 1 atom stereocenters. The summed E-state index contributed by atoms with van der Waals surface area (Å²) in [5, 5.41) is 2.01. The highest BCUT2D eigenvalue weighted by Gasteiger charge is 2.41. The minimum absolute atomic E-state index is 0.0134. The predicted octanol–water partition coefficient (Wildman–Crippen LogP) is 4.65. The Bertz CT molecular complexity index is 1230. The third kappa shape index (κ3) is 5.53. The Balaban J connectivity index is 2.31. The van der Waals surface area contributed by atoms with Crippen molar-refractivity contribution in [3.8, 4) is 28.4 Å². The molecule has 0 fully saturated rings. The molecule has 2 aromatic carbocycles. The van der Waals surface area contributed by atoms with Crippen molar-refractivity contribution in [3.63, 3.8) is 0 Å². The topological polar surface area (TPSA) is 100 Å². The van der Waals surface area contributed by atoms with Gasteiger partial charge < -0.3 is 24.3 Å². The summed E-state index contributed by atoms with van der Waals surface area (Å²) in [7, 11) is 2.69.